The minimum absolute atomic E-state index is 0.0410. The van der Waals surface area contributed by atoms with Crippen molar-refractivity contribution in [2.75, 3.05) is 0 Å². The number of aryl methyl sites for hydroxylation is 1. The van der Waals surface area contributed by atoms with E-state index in [1.54, 1.807) is 6.07 Å². The van der Waals surface area contributed by atoms with Crippen molar-refractivity contribution in [3.63, 3.8) is 0 Å². The summed E-state index contributed by atoms with van der Waals surface area (Å²) in [6, 6.07) is 7.28. The topological polar surface area (TPSA) is 79.0 Å². The largest absolute Gasteiger partial charge is 0.508 e. The van der Waals surface area contributed by atoms with Gasteiger partial charge < -0.3 is 14.8 Å². The number of benzene rings is 1. The Kier molecular flexibility index (Phi) is 4.68. The van der Waals surface area contributed by atoms with Crippen molar-refractivity contribution < 1.29 is 10.2 Å². The normalized spacial score (nSPS) is 19.0. The van der Waals surface area contributed by atoms with Gasteiger partial charge in [-0.3, -0.25) is 9.67 Å². The van der Waals surface area contributed by atoms with Crippen molar-refractivity contribution in [2.24, 2.45) is 5.92 Å². The number of nitrogens with one attached hydrogen (secondary N) is 1. The molecule has 28 heavy (non-hydrogen) atoms. The number of phenols is 2. The molecule has 0 spiro atoms. The van der Waals surface area contributed by atoms with Crippen molar-refractivity contribution in [3.8, 4) is 22.9 Å². The smallest absolute Gasteiger partial charge is 0.200 e. The third-order valence-electron chi connectivity index (χ3n) is 5.17. The molecule has 0 bridgehead atoms. The monoisotopic (exact) mass is 394 g/mol. The van der Waals surface area contributed by atoms with E-state index in [1.807, 2.05) is 42.1 Å². The maximum atomic E-state index is 10.4. The minimum Gasteiger partial charge on any atom is -0.508 e. The molecule has 0 aliphatic heterocycles. The number of rotatable bonds is 4. The molecule has 0 saturated carbocycles. The van der Waals surface area contributed by atoms with Gasteiger partial charge in [-0.05, 0) is 60.5 Å². The van der Waals surface area contributed by atoms with Gasteiger partial charge in [0.05, 0.1) is 11.6 Å². The molecule has 6 nitrogen and oxygen atoms in total. The van der Waals surface area contributed by atoms with E-state index in [9.17, 15) is 10.2 Å². The molecule has 3 aromatic rings. The molecule has 2 unspecified atom stereocenters. The summed E-state index contributed by atoms with van der Waals surface area (Å²) in [4.78, 5) is 0. The van der Waals surface area contributed by atoms with E-state index in [4.69, 9.17) is 12.2 Å². The van der Waals surface area contributed by atoms with Crippen LogP contribution in [-0.2, 0) is 6.42 Å². The highest BCUT2D eigenvalue weighted by molar-refractivity contribution is 7.71. The average Bonchev–Trinajstić information content (AvgIpc) is 3.33. The Morgan fingerprint density at radius 1 is 1.18 bits per heavy atom. The number of hydrogen-bond donors (Lipinski definition) is 3. The second-order valence-corrected chi connectivity index (χ2v) is 7.36. The number of allylic oxidation sites excluding steroid dienone is 4. The summed E-state index contributed by atoms with van der Waals surface area (Å²) in [6.07, 6.45) is 11.1. The first-order chi connectivity index (χ1) is 13.5. The standard InChI is InChI=1S/C21H22N4O2S/c1-3-14-10-16(19(27)12-18(14)26)20-22-23-21(28)25(20)15-7-6-13(2)17(11-15)24-8-4-5-9-24/h4-13,17,26-27H,3H2,1-2H3,(H,23,28). The third kappa shape index (κ3) is 3.07. The summed E-state index contributed by atoms with van der Waals surface area (Å²) in [6.45, 7) is 4.12. The molecule has 2 heterocycles. The van der Waals surface area contributed by atoms with Crippen molar-refractivity contribution in [1.29, 1.82) is 0 Å². The molecule has 0 fully saturated rings. The van der Waals surface area contributed by atoms with Crippen LogP contribution in [-0.4, -0.2) is 29.5 Å². The van der Waals surface area contributed by atoms with E-state index < -0.39 is 0 Å². The highest BCUT2D eigenvalue weighted by Crippen LogP contribution is 2.37. The van der Waals surface area contributed by atoms with Crippen molar-refractivity contribution in [2.45, 2.75) is 26.3 Å². The van der Waals surface area contributed by atoms with E-state index >= 15 is 0 Å². The van der Waals surface area contributed by atoms with Crippen LogP contribution in [0.5, 0.6) is 11.5 Å². The van der Waals surface area contributed by atoms with Crippen molar-refractivity contribution in [1.82, 2.24) is 19.3 Å². The first-order valence-electron chi connectivity index (χ1n) is 9.25. The Morgan fingerprint density at radius 2 is 1.93 bits per heavy atom. The molecule has 3 N–H and O–H groups in total. The van der Waals surface area contributed by atoms with Gasteiger partial charge in [-0.1, -0.05) is 19.9 Å². The van der Waals surface area contributed by atoms with Crippen LogP contribution in [0.3, 0.4) is 0 Å². The van der Waals surface area contributed by atoms with Crippen molar-refractivity contribution >= 4 is 17.9 Å². The molecule has 1 aliphatic rings. The van der Waals surface area contributed by atoms with Crippen LogP contribution < -0.4 is 0 Å². The van der Waals surface area contributed by atoms with Crippen molar-refractivity contribution in [3.05, 3.63) is 65.2 Å². The van der Waals surface area contributed by atoms with Gasteiger partial charge in [0.15, 0.2) is 10.6 Å². The molecule has 2 atom stereocenters. The zero-order valence-corrected chi connectivity index (χ0v) is 16.5. The first kappa shape index (κ1) is 18.3. The van der Waals surface area contributed by atoms with Gasteiger partial charge in [0, 0.05) is 24.2 Å². The highest BCUT2D eigenvalue weighted by atomic mass is 32.1. The summed E-state index contributed by atoms with van der Waals surface area (Å²) in [5.74, 6) is 0.867. The van der Waals surface area contributed by atoms with Crippen LogP contribution in [0.25, 0.3) is 17.1 Å². The second kappa shape index (κ2) is 7.16. The summed E-state index contributed by atoms with van der Waals surface area (Å²) < 4.78 is 4.42. The number of H-pyrrole nitrogens is 1. The summed E-state index contributed by atoms with van der Waals surface area (Å²) >= 11 is 5.48. The molecular weight excluding hydrogens is 372 g/mol. The van der Waals surface area contributed by atoms with Crippen LogP contribution in [0.15, 0.2) is 54.9 Å². The fraction of sp³-hybridized carbons (Fsp3) is 0.238. The van der Waals surface area contributed by atoms with Gasteiger partial charge >= 0.3 is 0 Å². The predicted octanol–water partition coefficient (Wildman–Crippen LogP) is 4.67. The Hall–Kier alpha value is -3.06. The molecule has 7 heteroatoms. The van der Waals surface area contributed by atoms with E-state index in [2.05, 4.69) is 33.8 Å². The molecule has 0 radical (unpaired) electrons. The van der Waals surface area contributed by atoms with Crippen LogP contribution in [0.2, 0.25) is 0 Å². The number of phenolic OH excluding ortho intramolecular Hbond substituents is 2. The quantitative estimate of drug-likeness (QED) is 0.562. The summed E-state index contributed by atoms with van der Waals surface area (Å²) in [5.41, 5.74) is 2.14. The Labute approximate surface area is 168 Å². The van der Waals surface area contributed by atoms with Gasteiger partial charge in [-0.15, -0.1) is 0 Å². The van der Waals surface area contributed by atoms with Gasteiger partial charge in [0.25, 0.3) is 0 Å². The predicted molar refractivity (Wildman–Crippen MR) is 112 cm³/mol. The number of aromatic amines is 1. The lowest BCUT2D eigenvalue weighted by Crippen LogP contribution is -2.16. The van der Waals surface area contributed by atoms with Crippen LogP contribution >= 0.6 is 12.2 Å². The Bertz CT molecular complexity index is 1120. The number of aromatic nitrogens is 4. The number of nitrogens with zero attached hydrogens (tertiary/aromatic N) is 3. The van der Waals surface area contributed by atoms with E-state index in [0.717, 1.165) is 11.3 Å². The van der Waals surface area contributed by atoms with Crippen LogP contribution in [0.1, 0.15) is 25.5 Å². The highest BCUT2D eigenvalue weighted by Gasteiger charge is 2.22. The number of aromatic hydroxyl groups is 2. The minimum atomic E-state index is -0.0410. The molecule has 0 saturated heterocycles. The van der Waals surface area contributed by atoms with E-state index in [1.165, 1.54) is 6.07 Å². The lowest BCUT2D eigenvalue weighted by molar-refractivity contribution is 0.447. The van der Waals surface area contributed by atoms with Gasteiger partial charge in [-0.25, -0.2) is 0 Å². The fourth-order valence-electron chi connectivity index (χ4n) is 3.60. The van der Waals surface area contributed by atoms with Gasteiger partial charge in [0.2, 0.25) is 0 Å². The molecule has 4 rings (SSSR count). The lowest BCUT2D eigenvalue weighted by Gasteiger charge is -2.25. The molecule has 144 valence electrons. The zero-order valence-electron chi connectivity index (χ0n) is 15.7. The van der Waals surface area contributed by atoms with Gasteiger partial charge in [-0.2, -0.15) is 5.10 Å². The van der Waals surface area contributed by atoms with E-state index in [0.29, 0.717) is 28.5 Å². The zero-order chi connectivity index (χ0) is 19.8. The fourth-order valence-corrected chi connectivity index (χ4v) is 3.84. The van der Waals surface area contributed by atoms with Crippen LogP contribution in [0.4, 0.5) is 0 Å². The molecular formula is C21H22N4O2S. The SMILES string of the molecule is CCc1cc(-c2n[nH]c(=S)n2C2=CC(n3cccc3)C(C)C=C2)c(O)cc1O. The second-order valence-electron chi connectivity index (χ2n) is 6.97. The van der Waals surface area contributed by atoms with Gasteiger partial charge in [0.1, 0.15) is 11.5 Å². The first-order valence-corrected chi connectivity index (χ1v) is 9.66. The maximum Gasteiger partial charge on any atom is 0.200 e. The maximum absolute atomic E-state index is 10.4. The average molecular weight is 395 g/mol. The Morgan fingerprint density at radius 3 is 2.64 bits per heavy atom. The lowest BCUT2D eigenvalue weighted by atomic mass is 9.95. The molecule has 0 amide bonds. The molecule has 1 aliphatic carbocycles. The summed E-state index contributed by atoms with van der Waals surface area (Å²) in [7, 11) is 0. The molecule has 1 aromatic carbocycles. The number of hydrogen-bond acceptors (Lipinski definition) is 4. The Balaban J connectivity index is 1.85. The summed E-state index contributed by atoms with van der Waals surface area (Å²) in [5, 5.41) is 27.6. The van der Waals surface area contributed by atoms with E-state index in [-0.39, 0.29) is 17.5 Å². The van der Waals surface area contributed by atoms with Crippen LogP contribution in [0, 0.1) is 10.7 Å². The molecule has 2 aromatic heterocycles. The third-order valence-corrected chi connectivity index (χ3v) is 5.45.